The van der Waals surface area contributed by atoms with E-state index in [0.29, 0.717) is 31.5 Å². The van der Waals surface area contributed by atoms with Crippen LogP contribution in [0.3, 0.4) is 0 Å². The summed E-state index contributed by atoms with van der Waals surface area (Å²) < 4.78 is 0. The molecule has 7 heteroatoms. The van der Waals surface area contributed by atoms with Crippen molar-refractivity contribution in [1.82, 2.24) is 20.1 Å². The van der Waals surface area contributed by atoms with Gasteiger partial charge < -0.3 is 15.1 Å². The minimum atomic E-state index is 0.0770. The van der Waals surface area contributed by atoms with Crippen LogP contribution in [0.4, 0.5) is 0 Å². The number of thiazole rings is 1. The molecule has 0 radical (unpaired) electrons. The fraction of sp³-hybridized carbons (Fsp3) is 0.607. The van der Waals surface area contributed by atoms with Crippen molar-refractivity contribution in [3.8, 4) is 10.6 Å². The molecule has 2 saturated heterocycles. The summed E-state index contributed by atoms with van der Waals surface area (Å²) in [5.74, 6) is 0.586. The number of aromatic nitrogens is 1. The minimum absolute atomic E-state index is 0.0770. The number of aryl methyl sites for hydroxylation is 2. The number of amides is 2. The van der Waals surface area contributed by atoms with Gasteiger partial charge in [0.2, 0.25) is 5.91 Å². The Morgan fingerprint density at radius 3 is 2.51 bits per heavy atom. The van der Waals surface area contributed by atoms with Gasteiger partial charge in [-0.2, -0.15) is 0 Å². The largest absolute Gasteiger partial charge is 0.356 e. The molecule has 4 rings (SSSR count). The van der Waals surface area contributed by atoms with E-state index in [1.165, 1.54) is 42.7 Å². The maximum atomic E-state index is 13.2. The number of nitrogens with one attached hydrogen (secondary N) is 1. The normalized spacial score (nSPS) is 19.6. The molecule has 2 aliphatic rings. The molecule has 3 heterocycles. The molecule has 2 amide bonds. The second-order valence-corrected chi connectivity index (χ2v) is 11.3. The van der Waals surface area contributed by atoms with Gasteiger partial charge in [0.15, 0.2) is 0 Å². The third kappa shape index (κ3) is 6.91. The smallest absolute Gasteiger partial charge is 0.265 e. The third-order valence-electron chi connectivity index (χ3n) is 7.55. The summed E-state index contributed by atoms with van der Waals surface area (Å²) in [5, 5.41) is 4.02. The lowest BCUT2D eigenvalue weighted by atomic mass is 9.93. The average Bonchev–Trinajstić information content (AvgIpc) is 3.25. The Hall–Kier alpha value is -2.25. The van der Waals surface area contributed by atoms with Crippen LogP contribution in [-0.4, -0.2) is 65.4 Å². The highest BCUT2D eigenvalue weighted by Gasteiger charge is 2.27. The Balaban J connectivity index is 1.19. The van der Waals surface area contributed by atoms with Gasteiger partial charge in [0.25, 0.3) is 5.91 Å². The highest BCUT2D eigenvalue weighted by molar-refractivity contribution is 7.17. The Kier molecular flexibility index (Phi) is 8.95. The highest BCUT2D eigenvalue weighted by atomic mass is 32.1. The van der Waals surface area contributed by atoms with Crippen molar-refractivity contribution in [3.05, 3.63) is 40.4 Å². The molecule has 2 fully saturated rings. The van der Waals surface area contributed by atoms with Crippen LogP contribution in [0, 0.1) is 19.8 Å². The SMILES string of the molecule is Cc1ccc(-c2nc(C)c(C(=O)N3CCC(CC(=O)NCCCN4CCCC[C@@H]4C)CC3)s2)cc1. The molecule has 190 valence electrons. The first kappa shape index (κ1) is 25.8. The zero-order valence-electron chi connectivity index (χ0n) is 21.5. The molecule has 1 N–H and O–H groups in total. The molecular weight excluding hydrogens is 456 g/mol. The van der Waals surface area contributed by atoms with Crippen LogP contribution >= 0.6 is 11.3 Å². The summed E-state index contributed by atoms with van der Waals surface area (Å²) in [6, 6.07) is 8.95. The van der Waals surface area contributed by atoms with Gasteiger partial charge in [0.05, 0.1) is 5.69 Å². The van der Waals surface area contributed by atoms with Crippen LogP contribution in [0.1, 0.15) is 72.8 Å². The van der Waals surface area contributed by atoms with Crippen molar-refractivity contribution in [3.63, 3.8) is 0 Å². The van der Waals surface area contributed by atoms with E-state index in [2.05, 4.69) is 53.3 Å². The number of hydrogen-bond donors (Lipinski definition) is 1. The van der Waals surface area contributed by atoms with Crippen LogP contribution < -0.4 is 5.32 Å². The van der Waals surface area contributed by atoms with Crippen LogP contribution in [0.15, 0.2) is 24.3 Å². The molecule has 0 aliphatic carbocycles. The molecule has 1 aromatic carbocycles. The second kappa shape index (κ2) is 12.1. The first-order valence-corrected chi connectivity index (χ1v) is 14.1. The third-order valence-corrected chi connectivity index (χ3v) is 8.74. The summed E-state index contributed by atoms with van der Waals surface area (Å²) in [4.78, 5) is 35.5. The first-order valence-electron chi connectivity index (χ1n) is 13.2. The summed E-state index contributed by atoms with van der Waals surface area (Å²) in [7, 11) is 0. The number of carbonyl (C=O) groups excluding carboxylic acids is 2. The predicted octanol–water partition coefficient (Wildman–Crippen LogP) is 5.05. The van der Waals surface area contributed by atoms with E-state index in [-0.39, 0.29) is 11.8 Å². The maximum absolute atomic E-state index is 13.2. The van der Waals surface area contributed by atoms with Crippen molar-refractivity contribution in [1.29, 1.82) is 0 Å². The molecular formula is C28H40N4O2S. The van der Waals surface area contributed by atoms with E-state index in [1.807, 2.05) is 11.8 Å². The van der Waals surface area contributed by atoms with Gasteiger partial charge in [-0.25, -0.2) is 4.98 Å². The quantitative estimate of drug-likeness (QED) is 0.520. The monoisotopic (exact) mass is 496 g/mol. The van der Waals surface area contributed by atoms with E-state index < -0.39 is 0 Å². The van der Waals surface area contributed by atoms with Crippen LogP contribution in [0.5, 0.6) is 0 Å². The number of benzene rings is 1. The van der Waals surface area contributed by atoms with Gasteiger partial charge in [-0.3, -0.25) is 9.59 Å². The van der Waals surface area contributed by atoms with Gasteiger partial charge in [-0.15, -0.1) is 11.3 Å². The van der Waals surface area contributed by atoms with E-state index in [0.717, 1.165) is 53.5 Å². The van der Waals surface area contributed by atoms with Gasteiger partial charge in [-0.1, -0.05) is 36.2 Å². The Bertz CT molecular complexity index is 995. The standard InChI is InChI=1S/C28H40N4O2S/c1-20-8-10-24(11-9-20)27-30-22(3)26(35-27)28(34)32-17-12-23(13-18-32)19-25(33)29-14-6-16-31-15-5-4-7-21(31)2/h8-11,21,23H,4-7,12-19H2,1-3H3,(H,29,33)/t21-/m0/s1. The first-order chi connectivity index (χ1) is 16.9. The van der Waals surface area contributed by atoms with Gasteiger partial charge >= 0.3 is 0 Å². The van der Waals surface area contributed by atoms with Crippen molar-refractivity contribution >= 4 is 23.2 Å². The van der Waals surface area contributed by atoms with Gasteiger partial charge in [-0.05, 0) is 65.3 Å². The Morgan fingerprint density at radius 1 is 1.06 bits per heavy atom. The molecule has 0 saturated carbocycles. The molecule has 0 unspecified atom stereocenters. The molecule has 35 heavy (non-hydrogen) atoms. The van der Waals surface area contributed by atoms with Crippen molar-refractivity contribution in [2.45, 2.75) is 71.8 Å². The summed E-state index contributed by atoms with van der Waals surface area (Å²) >= 11 is 1.48. The van der Waals surface area contributed by atoms with Gasteiger partial charge in [0.1, 0.15) is 9.88 Å². The van der Waals surface area contributed by atoms with Crippen molar-refractivity contribution in [2.24, 2.45) is 5.92 Å². The van der Waals surface area contributed by atoms with E-state index in [4.69, 9.17) is 0 Å². The summed E-state index contributed by atoms with van der Waals surface area (Å²) in [6.45, 7) is 10.7. The topological polar surface area (TPSA) is 65.5 Å². The lowest BCUT2D eigenvalue weighted by Gasteiger charge is -2.33. The number of carbonyl (C=O) groups is 2. The number of likely N-dealkylation sites (tertiary alicyclic amines) is 2. The van der Waals surface area contributed by atoms with Crippen LogP contribution in [-0.2, 0) is 4.79 Å². The average molecular weight is 497 g/mol. The number of piperidine rings is 2. The van der Waals surface area contributed by atoms with Crippen LogP contribution in [0.25, 0.3) is 10.6 Å². The fourth-order valence-corrected chi connectivity index (χ4v) is 6.27. The number of nitrogens with zero attached hydrogens (tertiary/aromatic N) is 3. The zero-order valence-corrected chi connectivity index (χ0v) is 22.3. The zero-order chi connectivity index (χ0) is 24.8. The van der Waals surface area contributed by atoms with Crippen molar-refractivity contribution < 1.29 is 9.59 Å². The van der Waals surface area contributed by atoms with Crippen molar-refractivity contribution in [2.75, 3.05) is 32.7 Å². The fourth-order valence-electron chi connectivity index (χ4n) is 5.23. The van der Waals surface area contributed by atoms with E-state index in [1.54, 1.807) is 0 Å². The van der Waals surface area contributed by atoms with Gasteiger partial charge in [0, 0.05) is 44.2 Å². The molecule has 0 bridgehead atoms. The number of rotatable bonds is 8. The molecule has 1 atom stereocenters. The van der Waals surface area contributed by atoms with E-state index in [9.17, 15) is 9.59 Å². The highest BCUT2D eigenvalue weighted by Crippen LogP contribution is 2.30. The molecule has 2 aliphatic heterocycles. The van der Waals surface area contributed by atoms with E-state index >= 15 is 0 Å². The minimum Gasteiger partial charge on any atom is -0.356 e. The Morgan fingerprint density at radius 2 is 1.80 bits per heavy atom. The predicted molar refractivity (Wildman–Crippen MR) is 143 cm³/mol. The number of hydrogen-bond acceptors (Lipinski definition) is 5. The summed E-state index contributed by atoms with van der Waals surface area (Å²) in [5.41, 5.74) is 3.07. The Labute approximate surface area is 214 Å². The lowest BCUT2D eigenvalue weighted by Crippen LogP contribution is -2.40. The maximum Gasteiger partial charge on any atom is 0.265 e. The molecule has 0 spiro atoms. The van der Waals surface area contributed by atoms with Crippen LogP contribution in [0.2, 0.25) is 0 Å². The second-order valence-electron chi connectivity index (χ2n) is 10.3. The lowest BCUT2D eigenvalue weighted by molar-refractivity contribution is -0.122. The molecule has 6 nitrogen and oxygen atoms in total. The molecule has 1 aromatic heterocycles. The molecule has 2 aromatic rings. The summed E-state index contributed by atoms with van der Waals surface area (Å²) in [6.07, 6.45) is 7.29.